The van der Waals surface area contributed by atoms with E-state index >= 15 is 0 Å². The fourth-order valence-corrected chi connectivity index (χ4v) is 2.43. The first-order valence-electron chi connectivity index (χ1n) is 9.07. The summed E-state index contributed by atoms with van der Waals surface area (Å²) < 4.78 is 0. The van der Waals surface area contributed by atoms with Crippen molar-refractivity contribution in [1.29, 1.82) is 0 Å². The van der Waals surface area contributed by atoms with Crippen LogP contribution in [0.4, 0.5) is 4.79 Å². The van der Waals surface area contributed by atoms with E-state index in [1.54, 1.807) is 0 Å². The summed E-state index contributed by atoms with van der Waals surface area (Å²) >= 11 is 0. The quantitative estimate of drug-likeness (QED) is 0.384. The second-order valence-corrected chi connectivity index (χ2v) is 8.81. The molecule has 2 atom stereocenters. The van der Waals surface area contributed by atoms with Crippen LogP contribution in [0.25, 0.3) is 0 Å². The van der Waals surface area contributed by atoms with E-state index in [9.17, 15) is 19.6 Å². The van der Waals surface area contributed by atoms with Crippen LogP contribution in [0.3, 0.4) is 0 Å². The van der Waals surface area contributed by atoms with Crippen LogP contribution in [-0.4, -0.2) is 46.2 Å². The number of hydrogen-bond donors (Lipinski definition) is 4. The largest absolute Gasteiger partial charge is 0.350 e. The van der Waals surface area contributed by atoms with Gasteiger partial charge >= 0.3 is 6.03 Å². The molecule has 0 spiro atoms. The normalized spacial score (nSPS) is 14.3. The van der Waals surface area contributed by atoms with Gasteiger partial charge in [-0.2, -0.15) is 0 Å². The Morgan fingerprint density at radius 2 is 1.62 bits per heavy atom. The number of nitrogens with two attached hydrogens (primary N) is 1. The van der Waals surface area contributed by atoms with Crippen molar-refractivity contribution in [3.05, 3.63) is 0 Å². The molecular formula is C18H36N4O4. The zero-order valence-corrected chi connectivity index (χ0v) is 17.2. The van der Waals surface area contributed by atoms with Crippen LogP contribution in [0.1, 0.15) is 67.7 Å². The number of unbranched alkanes of at least 4 members (excludes halogenated alkanes) is 1. The van der Waals surface area contributed by atoms with E-state index in [1.807, 2.05) is 48.5 Å². The molecule has 0 rings (SSSR count). The Bertz CT molecular complexity index is 494. The number of urea groups is 1. The van der Waals surface area contributed by atoms with Crippen LogP contribution in [0.5, 0.6) is 0 Å². The lowest BCUT2D eigenvalue weighted by atomic mass is 9.85. The molecule has 0 aliphatic carbocycles. The molecule has 1 unspecified atom stereocenters. The van der Waals surface area contributed by atoms with E-state index in [1.165, 1.54) is 0 Å². The van der Waals surface area contributed by atoms with E-state index in [0.29, 0.717) is 11.5 Å². The van der Waals surface area contributed by atoms with Crippen LogP contribution in [0.2, 0.25) is 0 Å². The Morgan fingerprint density at radius 1 is 1.08 bits per heavy atom. The van der Waals surface area contributed by atoms with Crippen molar-refractivity contribution in [2.75, 3.05) is 6.54 Å². The van der Waals surface area contributed by atoms with Gasteiger partial charge in [-0.05, 0) is 32.6 Å². The van der Waals surface area contributed by atoms with Crippen LogP contribution in [0.15, 0.2) is 0 Å². The molecule has 0 aromatic heterocycles. The number of amides is 4. The summed E-state index contributed by atoms with van der Waals surface area (Å²) in [5.41, 5.74) is 4.10. The maximum Gasteiger partial charge on any atom is 0.338 e. The van der Waals surface area contributed by atoms with Crippen LogP contribution < -0.4 is 16.4 Å². The molecule has 0 bridgehead atoms. The molecule has 0 radical (unpaired) electrons. The van der Waals surface area contributed by atoms with Gasteiger partial charge in [0.15, 0.2) is 0 Å². The lowest BCUT2D eigenvalue weighted by Crippen LogP contribution is -2.58. The Balaban J connectivity index is 5.32. The zero-order chi connectivity index (χ0) is 20.7. The smallest absolute Gasteiger partial charge is 0.338 e. The molecule has 8 heteroatoms. The fraction of sp³-hybridized carbons (Fsp3) is 0.833. The maximum absolute atomic E-state index is 12.8. The molecule has 0 aromatic carbocycles. The van der Waals surface area contributed by atoms with E-state index in [2.05, 4.69) is 10.6 Å². The predicted octanol–water partition coefficient (Wildman–Crippen LogP) is 2.01. The minimum Gasteiger partial charge on any atom is -0.350 e. The summed E-state index contributed by atoms with van der Waals surface area (Å²) in [4.78, 5) is 36.5. The second-order valence-electron chi connectivity index (χ2n) is 8.81. The summed E-state index contributed by atoms with van der Waals surface area (Å²) in [6.45, 7) is 13.0. The van der Waals surface area contributed by atoms with Crippen LogP contribution in [-0.2, 0) is 9.59 Å². The van der Waals surface area contributed by atoms with Crippen molar-refractivity contribution >= 4 is 17.8 Å². The summed E-state index contributed by atoms with van der Waals surface area (Å²) in [7, 11) is 0. The number of carbonyl (C=O) groups is 3. The number of nitrogens with one attached hydrogen (secondary N) is 2. The molecule has 4 amide bonds. The number of hydrogen-bond acceptors (Lipinski definition) is 4. The predicted molar refractivity (Wildman–Crippen MR) is 100 cm³/mol. The molecular weight excluding hydrogens is 336 g/mol. The highest BCUT2D eigenvalue weighted by atomic mass is 16.5. The lowest BCUT2D eigenvalue weighted by Gasteiger charge is -2.34. The van der Waals surface area contributed by atoms with Gasteiger partial charge in [-0.15, -0.1) is 0 Å². The van der Waals surface area contributed by atoms with Crippen molar-refractivity contribution in [2.45, 2.75) is 79.3 Å². The van der Waals surface area contributed by atoms with E-state index in [4.69, 9.17) is 5.73 Å². The average Bonchev–Trinajstić information content (AvgIpc) is 2.45. The van der Waals surface area contributed by atoms with E-state index in [0.717, 1.165) is 12.8 Å². The summed E-state index contributed by atoms with van der Waals surface area (Å²) in [5.74, 6) is -1.31. The fourth-order valence-electron chi connectivity index (χ4n) is 2.43. The average molecular weight is 373 g/mol. The first kappa shape index (κ1) is 24.2. The Labute approximate surface area is 156 Å². The van der Waals surface area contributed by atoms with Crippen LogP contribution >= 0.6 is 0 Å². The number of nitrogens with zero attached hydrogens (tertiary/aromatic N) is 1. The number of rotatable bonds is 8. The molecule has 0 saturated carbocycles. The highest BCUT2D eigenvalue weighted by Gasteiger charge is 2.36. The second kappa shape index (κ2) is 9.75. The molecule has 0 aromatic rings. The van der Waals surface area contributed by atoms with Crippen molar-refractivity contribution in [3.63, 3.8) is 0 Å². The third-order valence-corrected chi connectivity index (χ3v) is 3.84. The van der Waals surface area contributed by atoms with Crippen molar-refractivity contribution in [2.24, 2.45) is 17.1 Å². The molecule has 0 aliphatic rings. The van der Waals surface area contributed by atoms with Crippen LogP contribution in [0, 0.1) is 11.3 Å². The molecule has 8 nitrogen and oxygen atoms in total. The van der Waals surface area contributed by atoms with Gasteiger partial charge in [0, 0.05) is 5.54 Å². The third kappa shape index (κ3) is 9.03. The van der Waals surface area contributed by atoms with E-state index < -0.39 is 28.9 Å². The molecule has 152 valence electrons. The first-order chi connectivity index (χ1) is 11.7. The lowest BCUT2D eigenvalue weighted by molar-refractivity contribution is -0.136. The van der Waals surface area contributed by atoms with Gasteiger partial charge in [-0.3, -0.25) is 14.8 Å². The SMILES string of the molecule is CCCCC(CN(O)C(N)=O)C(=O)N[C@H](C(=O)NC(C)(C)C)C(C)(C)C. The molecule has 0 saturated heterocycles. The zero-order valence-electron chi connectivity index (χ0n) is 17.2. The first-order valence-corrected chi connectivity index (χ1v) is 9.07. The van der Waals surface area contributed by atoms with Crippen molar-refractivity contribution < 1.29 is 19.6 Å². The Morgan fingerprint density at radius 3 is 2.00 bits per heavy atom. The molecule has 5 N–H and O–H groups in total. The van der Waals surface area contributed by atoms with Gasteiger partial charge in [0.1, 0.15) is 6.04 Å². The minimum absolute atomic E-state index is 0.209. The third-order valence-electron chi connectivity index (χ3n) is 3.84. The summed E-state index contributed by atoms with van der Waals surface area (Å²) in [6.07, 6.45) is 2.09. The maximum atomic E-state index is 12.8. The van der Waals surface area contributed by atoms with Gasteiger partial charge < -0.3 is 16.4 Å². The topological polar surface area (TPSA) is 125 Å². The summed E-state index contributed by atoms with van der Waals surface area (Å²) in [6, 6.07) is -1.77. The Kier molecular flexibility index (Phi) is 9.07. The number of hydroxylamine groups is 2. The number of primary amides is 1. The van der Waals surface area contributed by atoms with Crippen molar-refractivity contribution in [3.8, 4) is 0 Å². The minimum atomic E-state index is -1.02. The molecule has 0 aliphatic heterocycles. The van der Waals surface area contributed by atoms with Gasteiger partial charge in [0.25, 0.3) is 0 Å². The summed E-state index contributed by atoms with van der Waals surface area (Å²) in [5, 5.41) is 15.6. The molecule has 0 fully saturated rings. The standard InChI is InChI=1S/C18H36N4O4/c1-8-9-10-12(11-22(26)16(19)25)14(23)20-13(17(2,3)4)15(24)21-18(5,6)7/h12-13,26H,8-11H2,1-7H3,(H2,19,25)(H,20,23)(H,21,24)/t12?,13-/m1/s1. The molecule has 26 heavy (non-hydrogen) atoms. The van der Waals surface area contributed by atoms with Gasteiger partial charge in [-0.25, -0.2) is 9.86 Å². The van der Waals surface area contributed by atoms with Gasteiger partial charge in [0.2, 0.25) is 11.8 Å². The van der Waals surface area contributed by atoms with Crippen molar-refractivity contribution in [1.82, 2.24) is 15.7 Å². The van der Waals surface area contributed by atoms with Gasteiger partial charge in [-0.1, -0.05) is 40.5 Å². The van der Waals surface area contributed by atoms with E-state index in [-0.39, 0.29) is 18.4 Å². The monoisotopic (exact) mass is 372 g/mol. The Hall–Kier alpha value is -1.83. The molecule has 0 heterocycles. The highest BCUT2D eigenvalue weighted by molar-refractivity contribution is 5.89. The highest BCUT2D eigenvalue weighted by Crippen LogP contribution is 2.21. The number of carbonyl (C=O) groups excluding carboxylic acids is 3. The van der Waals surface area contributed by atoms with Gasteiger partial charge in [0.05, 0.1) is 12.5 Å².